The second-order valence-electron chi connectivity index (χ2n) is 5.10. The maximum Gasteiger partial charge on any atom is 0.230 e. The number of benzene rings is 1. The number of aryl methyl sites for hydroxylation is 1. The third-order valence-corrected chi connectivity index (χ3v) is 4.51. The molecule has 7 heteroatoms. The minimum Gasteiger partial charge on any atom is -0.351 e. The maximum absolute atomic E-state index is 12.0. The van der Waals surface area contributed by atoms with Crippen molar-refractivity contribution in [1.82, 2.24) is 20.1 Å². The molecule has 0 aliphatic carbocycles. The number of aromatic nitrogens is 3. The highest BCUT2D eigenvalue weighted by Gasteiger charge is 2.12. The summed E-state index contributed by atoms with van der Waals surface area (Å²) in [5.74, 6) is 1.28. The summed E-state index contributed by atoms with van der Waals surface area (Å²) >= 11 is 7.27. The largest absolute Gasteiger partial charge is 0.351 e. The van der Waals surface area contributed by atoms with E-state index >= 15 is 0 Å². The van der Waals surface area contributed by atoms with Crippen LogP contribution in [-0.2, 0) is 24.3 Å². The monoisotopic (exact) mass is 352 g/mol. The van der Waals surface area contributed by atoms with E-state index < -0.39 is 0 Å². The number of hydrogen-bond acceptors (Lipinski definition) is 4. The van der Waals surface area contributed by atoms with Crippen LogP contribution < -0.4 is 5.32 Å². The lowest BCUT2D eigenvalue weighted by Crippen LogP contribution is -2.24. The zero-order valence-corrected chi connectivity index (χ0v) is 15.0. The highest BCUT2D eigenvalue weighted by Crippen LogP contribution is 2.17. The Morgan fingerprint density at radius 1 is 1.26 bits per heavy atom. The third-order valence-electron chi connectivity index (χ3n) is 3.29. The van der Waals surface area contributed by atoms with E-state index in [-0.39, 0.29) is 5.91 Å². The molecule has 0 unspecified atom stereocenters. The van der Waals surface area contributed by atoms with E-state index in [0.717, 1.165) is 35.9 Å². The van der Waals surface area contributed by atoms with Gasteiger partial charge in [0.25, 0.3) is 0 Å². The molecular weight excluding hydrogens is 332 g/mol. The molecule has 0 spiro atoms. The van der Waals surface area contributed by atoms with Gasteiger partial charge in [0.05, 0.1) is 5.75 Å². The molecule has 2 aromatic rings. The van der Waals surface area contributed by atoms with Gasteiger partial charge in [-0.3, -0.25) is 4.79 Å². The molecule has 1 heterocycles. The van der Waals surface area contributed by atoms with Crippen molar-refractivity contribution in [3.05, 3.63) is 40.7 Å². The first-order valence-corrected chi connectivity index (χ1v) is 9.06. The molecule has 0 aliphatic heterocycles. The van der Waals surface area contributed by atoms with Crippen LogP contribution in [0.3, 0.4) is 0 Å². The van der Waals surface area contributed by atoms with Crippen LogP contribution >= 0.6 is 23.4 Å². The summed E-state index contributed by atoms with van der Waals surface area (Å²) in [6.45, 7) is 5.56. The molecule has 0 bridgehead atoms. The first-order chi connectivity index (χ1) is 11.1. The minimum absolute atomic E-state index is 0.0194. The maximum atomic E-state index is 12.0. The van der Waals surface area contributed by atoms with Crippen molar-refractivity contribution in [2.45, 2.75) is 44.9 Å². The second-order valence-corrected chi connectivity index (χ2v) is 6.47. The molecule has 0 aliphatic rings. The highest BCUT2D eigenvalue weighted by atomic mass is 35.5. The van der Waals surface area contributed by atoms with Crippen LogP contribution in [0, 0.1) is 0 Å². The van der Waals surface area contributed by atoms with Gasteiger partial charge in [0, 0.05) is 24.5 Å². The predicted molar refractivity (Wildman–Crippen MR) is 93.7 cm³/mol. The Morgan fingerprint density at radius 3 is 2.65 bits per heavy atom. The molecule has 1 N–H and O–H groups in total. The van der Waals surface area contributed by atoms with Crippen LogP contribution in [0.15, 0.2) is 29.4 Å². The third kappa shape index (κ3) is 5.25. The summed E-state index contributed by atoms with van der Waals surface area (Å²) in [5, 5.41) is 12.8. The van der Waals surface area contributed by atoms with Crippen molar-refractivity contribution >= 4 is 29.3 Å². The topological polar surface area (TPSA) is 59.8 Å². The SMILES string of the molecule is CCCn1c(CC)nnc1SCC(=O)NCc1ccc(Cl)cc1. The number of rotatable bonds is 8. The van der Waals surface area contributed by atoms with Crippen LogP contribution in [0.5, 0.6) is 0 Å². The van der Waals surface area contributed by atoms with Gasteiger partial charge < -0.3 is 9.88 Å². The lowest BCUT2D eigenvalue weighted by Gasteiger charge is -2.08. The second kappa shape index (κ2) is 8.93. The van der Waals surface area contributed by atoms with Gasteiger partial charge in [-0.15, -0.1) is 10.2 Å². The zero-order valence-electron chi connectivity index (χ0n) is 13.4. The number of halogens is 1. The quantitative estimate of drug-likeness (QED) is 0.740. The summed E-state index contributed by atoms with van der Waals surface area (Å²) < 4.78 is 2.09. The Balaban J connectivity index is 1.84. The molecule has 0 saturated heterocycles. The van der Waals surface area contributed by atoms with Crippen molar-refractivity contribution < 1.29 is 4.79 Å². The van der Waals surface area contributed by atoms with Crippen molar-refractivity contribution in [3.63, 3.8) is 0 Å². The van der Waals surface area contributed by atoms with Crippen LogP contribution in [0.1, 0.15) is 31.7 Å². The van der Waals surface area contributed by atoms with Gasteiger partial charge >= 0.3 is 0 Å². The molecule has 0 fully saturated rings. The molecular formula is C16H21ClN4OS. The summed E-state index contributed by atoms with van der Waals surface area (Å²) in [6.07, 6.45) is 1.86. The highest BCUT2D eigenvalue weighted by molar-refractivity contribution is 7.99. The number of carbonyl (C=O) groups is 1. The molecule has 124 valence electrons. The van der Waals surface area contributed by atoms with Gasteiger partial charge in [-0.1, -0.05) is 49.3 Å². The fraction of sp³-hybridized carbons (Fsp3) is 0.438. The molecule has 0 saturated carbocycles. The smallest absolute Gasteiger partial charge is 0.230 e. The predicted octanol–water partition coefficient (Wildman–Crippen LogP) is 3.31. The normalized spacial score (nSPS) is 10.7. The van der Waals surface area contributed by atoms with E-state index in [4.69, 9.17) is 11.6 Å². The summed E-state index contributed by atoms with van der Waals surface area (Å²) in [6, 6.07) is 7.44. The van der Waals surface area contributed by atoms with Gasteiger partial charge in [-0.05, 0) is 24.1 Å². The van der Waals surface area contributed by atoms with E-state index in [1.165, 1.54) is 11.8 Å². The van der Waals surface area contributed by atoms with Gasteiger partial charge in [-0.25, -0.2) is 0 Å². The fourth-order valence-corrected chi connectivity index (χ4v) is 3.06. The van der Waals surface area contributed by atoms with Gasteiger partial charge in [0.1, 0.15) is 5.82 Å². The van der Waals surface area contributed by atoms with Crippen molar-refractivity contribution in [1.29, 1.82) is 0 Å². The molecule has 5 nitrogen and oxygen atoms in total. The molecule has 2 rings (SSSR count). The number of hydrogen-bond donors (Lipinski definition) is 1. The zero-order chi connectivity index (χ0) is 16.7. The molecule has 1 aromatic heterocycles. The Morgan fingerprint density at radius 2 is 2.00 bits per heavy atom. The number of amides is 1. The van der Waals surface area contributed by atoms with Gasteiger partial charge in [0.15, 0.2) is 5.16 Å². The lowest BCUT2D eigenvalue weighted by molar-refractivity contribution is -0.118. The fourth-order valence-electron chi connectivity index (χ4n) is 2.12. The Bertz CT molecular complexity index is 642. The summed E-state index contributed by atoms with van der Waals surface area (Å²) in [4.78, 5) is 12.0. The molecule has 1 amide bonds. The number of thioether (sulfide) groups is 1. The van der Waals surface area contributed by atoms with E-state index in [0.29, 0.717) is 17.3 Å². The van der Waals surface area contributed by atoms with Gasteiger partial charge in [0.2, 0.25) is 5.91 Å². The Hall–Kier alpha value is -1.53. The van der Waals surface area contributed by atoms with Crippen LogP contribution in [-0.4, -0.2) is 26.4 Å². The minimum atomic E-state index is -0.0194. The first-order valence-electron chi connectivity index (χ1n) is 7.70. The number of carbonyl (C=O) groups excluding carboxylic acids is 1. The molecule has 23 heavy (non-hydrogen) atoms. The van der Waals surface area contributed by atoms with E-state index in [1.807, 2.05) is 24.3 Å². The standard InChI is InChI=1S/C16H21ClN4OS/c1-3-9-21-14(4-2)19-20-16(21)23-11-15(22)18-10-12-5-7-13(17)8-6-12/h5-8H,3-4,9-11H2,1-2H3,(H,18,22). The van der Waals surface area contributed by atoms with E-state index in [1.54, 1.807) is 0 Å². The number of nitrogens with zero attached hydrogens (tertiary/aromatic N) is 3. The summed E-state index contributed by atoms with van der Waals surface area (Å²) in [5.41, 5.74) is 1.02. The first kappa shape index (κ1) is 17.8. The van der Waals surface area contributed by atoms with Crippen LogP contribution in [0.4, 0.5) is 0 Å². The number of nitrogens with one attached hydrogen (secondary N) is 1. The molecule has 1 aromatic carbocycles. The summed E-state index contributed by atoms with van der Waals surface area (Å²) in [7, 11) is 0. The van der Waals surface area contributed by atoms with Crippen molar-refractivity contribution in [2.75, 3.05) is 5.75 Å². The van der Waals surface area contributed by atoms with Gasteiger partial charge in [-0.2, -0.15) is 0 Å². The Kier molecular flexibility index (Phi) is 6.92. The van der Waals surface area contributed by atoms with Crippen molar-refractivity contribution in [3.8, 4) is 0 Å². The van der Waals surface area contributed by atoms with Crippen LogP contribution in [0.25, 0.3) is 0 Å². The Labute approximate surface area is 145 Å². The van der Waals surface area contributed by atoms with E-state index in [9.17, 15) is 4.79 Å². The molecule has 0 atom stereocenters. The average Bonchev–Trinajstić information content (AvgIpc) is 2.95. The lowest BCUT2D eigenvalue weighted by atomic mass is 10.2. The average molecular weight is 353 g/mol. The molecule has 0 radical (unpaired) electrons. The van der Waals surface area contributed by atoms with E-state index in [2.05, 4.69) is 33.9 Å². The van der Waals surface area contributed by atoms with Crippen LogP contribution in [0.2, 0.25) is 5.02 Å². The van der Waals surface area contributed by atoms with Crippen molar-refractivity contribution in [2.24, 2.45) is 0 Å².